The third-order valence-corrected chi connectivity index (χ3v) is 3.78. The van der Waals surface area contributed by atoms with E-state index in [1.807, 2.05) is 30.3 Å². The lowest BCUT2D eigenvalue weighted by Crippen LogP contribution is -2.25. The van der Waals surface area contributed by atoms with Crippen LogP contribution < -0.4 is 0 Å². The number of ether oxygens (including phenoxy) is 1. The molecule has 0 aromatic heterocycles. The molecule has 104 valence electrons. The Morgan fingerprint density at radius 2 is 2.11 bits per heavy atom. The van der Waals surface area contributed by atoms with Crippen LogP contribution in [0.4, 0.5) is 0 Å². The second kappa shape index (κ2) is 5.74. The normalized spacial score (nSPS) is 23.2. The summed E-state index contributed by atoms with van der Waals surface area (Å²) >= 11 is 0. The molecule has 3 heteroatoms. The van der Waals surface area contributed by atoms with Crippen molar-refractivity contribution in [2.45, 2.75) is 51.2 Å². The lowest BCUT2D eigenvalue weighted by Gasteiger charge is -2.21. The van der Waals surface area contributed by atoms with E-state index in [1.165, 1.54) is 0 Å². The second-order valence-corrected chi connectivity index (χ2v) is 6.00. The monoisotopic (exact) mass is 262 g/mol. The number of benzene rings is 1. The van der Waals surface area contributed by atoms with Gasteiger partial charge in [0.15, 0.2) is 0 Å². The first-order valence-corrected chi connectivity index (χ1v) is 6.91. The Morgan fingerprint density at radius 3 is 2.63 bits per heavy atom. The van der Waals surface area contributed by atoms with Crippen LogP contribution in [0.5, 0.6) is 0 Å². The Morgan fingerprint density at radius 1 is 1.42 bits per heavy atom. The molecule has 19 heavy (non-hydrogen) atoms. The zero-order valence-corrected chi connectivity index (χ0v) is 11.6. The minimum atomic E-state index is -0.725. The highest BCUT2D eigenvalue weighted by Crippen LogP contribution is 2.33. The SMILES string of the molecule is CC1(C)CCC(CC(Cc2ccccc2)C(=O)O)O1. The number of hydrogen-bond donors (Lipinski definition) is 1. The Bertz CT molecular complexity index is 425. The predicted molar refractivity (Wildman–Crippen MR) is 74.1 cm³/mol. The first-order valence-electron chi connectivity index (χ1n) is 6.91. The Kier molecular flexibility index (Phi) is 4.25. The quantitative estimate of drug-likeness (QED) is 0.885. The molecule has 1 saturated heterocycles. The van der Waals surface area contributed by atoms with Crippen LogP contribution in [0.15, 0.2) is 30.3 Å². The zero-order valence-electron chi connectivity index (χ0n) is 11.6. The molecule has 0 aliphatic carbocycles. The number of carboxylic acids is 1. The van der Waals surface area contributed by atoms with Gasteiger partial charge in [-0.25, -0.2) is 0 Å². The topological polar surface area (TPSA) is 46.5 Å². The van der Waals surface area contributed by atoms with Crippen LogP contribution in [0.2, 0.25) is 0 Å². The first-order chi connectivity index (χ1) is 8.96. The van der Waals surface area contributed by atoms with Gasteiger partial charge in [-0.1, -0.05) is 30.3 Å². The summed E-state index contributed by atoms with van der Waals surface area (Å²) in [7, 11) is 0. The summed E-state index contributed by atoms with van der Waals surface area (Å²) in [6.45, 7) is 4.14. The van der Waals surface area contributed by atoms with Crippen LogP contribution >= 0.6 is 0 Å². The molecule has 2 atom stereocenters. The third-order valence-electron chi connectivity index (χ3n) is 3.78. The summed E-state index contributed by atoms with van der Waals surface area (Å²) in [6.07, 6.45) is 3.24. The van der Waals surface area contributed by atoms with Crippen LogP contribution in [0.3, 0.4) is 0 Å². The molecule has 1 aliphatic rings. The van der Waals surface area contributed by atoms with Crippen LogP contribution in [-0.2, 0) is 16.0 Å². The lowest BCUT2D eigenvalue weighted by molar-refractivity contribution is -0.143. The van der Waals surface area contributed by atoms with Crippen LogP contribution in [0.25, 0.3) is 0 Å². The molecule has 3 nitrogen and oxygen atoms in total. The van der Waals surface area contributed by atoms with E-state index in [2.05, 4.69) is 13.8 Å². The zero-order chi connectivity index (χ0) is 13.9. The Balaban J connectivity index is 1.96. The van der Waals surface area contributed by atoms with E-state index in [4.69, 9.17) is 4.74 Å². The van der Waals surface area contributed by atoms with E-state index in [-0.39, 0.29) is 17.6 Å². The molecule has 0 amide bonds. The predicted octanol–water partition coefficient (Wildman–Crippen LogP) is 3.28. The molecule has 0 saturated carbocycles. The summed E-state index contributed by atoms with van der Waals surface area (Å²) in [5.74, 6) is -1.08. The summed E-state index contributed by atoms with van der Waals surface area (Å²) in [5.41, 5.74) is 0.979. The number of hydrogen-bond acceptors (Lipinski definition) is 2. The maximum absolute atomic E-state index is 11.4. The van der Waals surface area contributed by atoms with Gasteiger partial charge in [-0.15, -0.1) is 0 Å². The molecule has 2 rings (SSSR count). The Hall–Kier alpha value is -1.35. The standard InChI is InChI=1S/C16H22O3/c1-16(2)9-8-14(19-16)11-13(15(17)18)10-12-6-4-3-5-7-12/h3-7,13-14H,8-11H2,1-2H3,(H,17,18). The fraction of sp³-hybridized carbons (Fsp3) is 0.562. The van der Waals surface area contributed by atoms with Crippen molar-refractivity contribution in [2.75, 3.05) is 0 Å². The van der Waals surface area contributed by atoms with E-state index in [0.717, 1.165) is 18.4 Å². The van der Waals surface area contributed by atoms with Gasteiger partial charge in [-0.3, -0.25) is 4.79 Å². The highest BCUT2D eigenvalue weighted by Gasteiger charge is 2.34. The van der Waals surface area contributed by atoms with Gasteiger partial charge in [-0.05, 0) is 45.1 Å². The van der Waals surface area contributed by atoms with Crippen LogP contribution in [0, 0.1) is 5.92 Å². The minimum absolute atomic E-state index is 0.0832. The fourth-order valence-electron chi connectivity index (χ4n) is 2.73. The van der Waals surface area contributed by atoms with Crippen molar-refractivity contribution in [3.63, 3.8) is 0 Å². The highest BCUT2D eigenvalue weighted by atomic mass is 16.5. The molecule has 1 aromatic carbocycles. The first kappa shape index (κ1) is 14.1. The smallest absolute Gasteiger partial charge is 0.306 e. The summed E-state index contributed by atoms with van der Waals surface area (Å²) < 4.78 is 5.90. The maximum Gasteiger partial charge on any atom is 0.306 e. The molecular weight excluding hydrogens is 240 g/mol. The van der Waals surface area contributed by atoms with E-state index >= 15 is 0 Å². The van der Waals surface area contributed by atoms with Crippen molar-refractivity contribution in [1.82, 2.24) is 0 Å². The van der Waals surface area contributed by atoms with Gasteiger partial charge in [0.2, 0.25) is 0 Å². The maximum atomic E-state index is 11.4. The number of carboxylic acid groups (broad SMARTS) is 1. The van der Waals surface area contributed by atoms with Gasteiger partial charge in [0, 0.05) is 0 Å². The average molecular weight is 262 g/mol. The fourth-order valence-corrected chi connectivity index (χ4v) is 2.73. The largest absolute Gasteiger partial charge is 0.481 e. The summed E-state index contributed by atoms with van der Waals surface area (Å²) in [4.78, 5) is 11.4. The van der Waals surface area contributed by atoms with Crippen molar-refractivity contribution < 1.29 is 14.6 Å². The number of rotatable bonds is 5. The second-order valence-electron chi connectivity index (χ2n) is 6.00. The van der Waals surface area contributed by atoms with E-state index in [1.54, 1.807) is 0 Å². The number of aliphatic carboxylic acids is 1. The number of carbonyl (C=O) groups is 1. The van der Waals surface area contributed by atoms with Gasteiger partial charge in [0.05, 0.1) is 17.6 Å². The molecule has 0 spiro atoms. The highest BCUT2D eigenvalue weighted by molar-refractivity contribution is 5.70. The molecule has 1 heterocycles. The van der Waals surface area contributed by atoms with Crippen molar-refractivity contribution in [2.24, 2.45) is 5.92 Å². The van der Waals surface area contributed by atoms with Crippen molar-refractivity contribution >= 4 is 5.97 Å². The summed E-state index contributed by atoms with van der Waals surface area (Å²) in [5, 5.41) is 9.37. The van der Waals surface area contributed by atoms with E-state index in [0.29, 0.717) is 12.8 Å². The van der Waals surface area contributed by atoms with Crippen molar-refractivity contribution in [3.8, 4) is 0 Å². The molecular formula is C16H22O3. The Labute approximate surface area is 114 Å². The molecule has 0 bridgehead atoms. The molecule has 2 unspecified atom stereocenters. The molecule has 1 aromatic rings. The van der Waals surface area contributed by atoms with Gasteiger partial charge in [0.1, 0.15) is 0 Å². The molecule has 1 aliphatic heterocycles. The molecule has 1 fully saturated rings. The van der Waals surface area contributed by atoms with Gasteiger partial charge in [0.25, 0.3) is 0 Å². The minimum Gasteiger partial charge on any atom is -0.481 e. The average Bonchev–Trinajstić information content (AvgIpc) is 2.69. The van der Waals surface area contributed by atoms with Gasteiger partial charge >= 0.3 is 5.97 Å². The van der Waals surface area contributed by atoms with Gasteiger partial charge < -0.3 is 9.84 Å². The van der Waals surface area contributed by atoms with Crippen molar-refractivity contribution in [1.29, 1.82) is 0 Å². The third kappa shape index (κ3) is 4.06. The van der Waals surface area contributed by atoms with Gasteiger partial charge in [-0.2, -0.15) is 0 Å². The van der Waals surface area contributed by atoms with E-state index < -0.39 is 5.97 Å². The summed E-state index contributed by atoms with van der Waals surface area (Å²) in [6, 6.07) is 9.81. The van der Waals surface area contributed by atoms with Crippen molar-refractivity contribution in [3.05, 3.63) is 35.9 Å². The molecule has 1 N–H and O–H groups in total. The lowest BCUT2D eigenvalue weighted by atomic mass is 9.92. The van der Waals surface area contributed by atoms with Crippen LogP contribution in [0.1, 0.15) is 38.7 Å². The van der Waals surface area contributed by atoms with Crippen LogP contribution in [-0.4, -0.2) is 22.8 Å². The van der Waals surface area contributed by atoms with E-state index in [9.17, 15) is 9.90 Å². The molecule has 0 radical (unpaired) electrons.